The number of nitrogens with zero attached hydrogens (tertiary/aromatic N) is 2. The van der Waals surface area contributed by atoms with Gasteiger partial charge in [-0.2, -0.15) is 0 Å². The van der Waals surface area contributed by atoms with Crippen LogP contribution in [0.4, 0.5) is 5.69 Å². The molecule has 0 bridgehead atoms. The molecule has 8 nitrogen and oxygen atoms in total. The Labute approximate surface area is 172 Å². The van der Waals surface area contributed by atoms with E-state index in [0.717, 1.165) is 4.90 Å². The molecule has 0 spiro atoms. The second-order valence-corrected chi connectivity index (χ2v) is 6.93. The van der Waals surface area contributed by atoms with Gasteiger partial charge in [-0.1, -0.05) is 11.6 Å². The Kier molecular flexibility index (Phi) is 6.33. The van der Waals surface area contributed by atoms with E-state index in [9.17, 15) is 19.7 Å². The van der Waals surface area contributed by atoms with Crippen LogP contribution >= 0.6 is 11.6 Å². The summed E-state index contributed by atoms with van der Waals surface area (Å²) in [6.45, 7) is 0.255. The highest BCUT2D eigenvalue weighted by Crippen LogP contribution is 2.33. The van der Waals surface area contributed by atoms with Crippen LogP contribution in [0.5, 0.6) is 11.5 Å². The molecule has 1 heterocycles. The summed E-state index contributed by atoms with van der Waals surface area (Å²) >= 11 is 5.86. The van der Waals surface area contributed by atoms with E-state index in [1.54, 1.807) is 24.3 Å². The molecule has 2 aromatic rings. The van der Waals surface area contributed by atoms with Crippen LogP contribution in [-0.4, -0.2) is 41.4 Å². The number of halogens is 1. The van der Waals surface area contributed by atoms with Crippen LogP contribution < -0.4 is 9.47 Å². The van der Waals surface area contributed by atoms with Gasteiger partial charge in [0.05, 0.1) is 18.1 Å². The van der Waals surface area contributed by atoms with Gasteiger partial charge in [0.25, 0.3) is 11.8 Å². The van der Waals surface area contributed by atoms with E-state index >= 15 is 0 Å². The lowest BCUT2D eigenvalue weighted by Gasteiger charge is -2.23. The van der Waals surface area contributed by atoms with Gasteiger partial charge >= 0.3 is 5.69 Å². The van der Waals surface area contributed by atoms with Crippen molar-refractivity contribution in [3.8, 4) is 11.5 Å². The quantitative estimate of drug-likeness (QED) is 0.415. The summed E-state index contributed by atoms with van der Waals surface area (Å²) in [6, 6.07) is 10.4. The topological polar surface area (TPSA) is 99.0 Å². The van der Waals surface area contributed by atoms with Gasteiger partial charge in [0.1, 0.15) is 5.75 Å². The van der Waals surface area contributed by atoms with E-state index in [1.165, 1.54) is 25.3 Å². The fourth-order valence-electron chi connectivity index (χ4n) is 3.09. The maximum atomic E-state index is 13.0. The van der Waals surface area contributed by atoms with Crippen LogP contribution in [0.25, 0.3) is 0 Å². The number of benzene rings is 2. The fraction of sp³-hybridized carbons (Fsp3) is 0.300. The molecule has 0 aliphatic carbocycles. The summed E-state index contributed by atoms with van der Waals surface area (Å²) in [6.07, 6.45) is 0.619. The number of ether oxygens (including phenoxy) is 2. The Morgan fingerprint density at radius 3 is 2.59 bits per heavy atom. The van der Waals surface area contributed by atoms with Crippen LogP contribution in [0, 0.1) is 10.1 Å². The first-order valence-corrected chi connectivity index (χ1v) is 9.39. The van der Waals surface area contributed by atoms with Gasteiger partial charge in [-0.3, -0.25) is 24.6 Å². The van der Waals surface area contributed by atoms with E-state index in [4.69, 9.17) is 21.1 Å². The molecule has 2 aromatic carbocycles. The maximum absolute atomic E-state index is 13.0. The third kappa shape index (κ3) is 4.65. The van der Waals surface area contributed by atoms with E-state index in [2.05, 4.69) is 0 Å². The molecule has 0 unspecified atom stereocenters. The fourth-order valence-corrected chi connectivity index (χ4v) is 3.21. The largest absolute Gasteiger partial charge is 0.496 e. The number of hydrogen-bond acceptors (Lipinski definition) is 6. The van der Waals surface area contributed by atoms with E-state index < -0.39 is 22.8 Å². The predicted molar refractivity (Wildman–Crippen MR) is 105 cm³/mol. The van der Waals surface area contributed by atoms with Crippen molar-refractivity contribution in [1.29, 1.82) is 0 Å². The Bertz CT molecular complexity index is 931. The molecular weight excluding hydrogens is 400 g/mol. The Balaban J connectivity index is 1.85. The number of carbonyl (C=O) groups is 2. The molecule has 29 heavy (non-hydrogen) atoms. The lowest BCUT2D eigenvalue weighted by molar-refractivity contribution is -0.386. The molecule has 0 radical (unpaired) electrons. The molecule has 1 aliphatic rings. The van der Waals surface area contributed by atoms with Gasteiger partial charge in [-0.25, -0.2) is 0 Å². The third-order valence-corrected chi connectivity index (χ3v) is 4.86. The minimum atomic E-state index is -0.999. The van der Waals surface area contributed by atoms with Crippen LogP contribution in [-0.2, 0) is 4.79 Å². The second kappa shape index (κ2) is 8.91. The molecule has 1 fully saturated rings. The van der Waals surface area contributed by atoms with Crippen LogP contribution in [0.15, 0.2) is 42.5 Å². The summed E-state index contributed by atoms with van der Waals surface area (Å²) in [5, 5.41) is 11.9. The molecule has 2 amide bonds. The first-order chi connectivity index (χ1) is 13.9. The van der Waals surface area contributed by atoms with Crippen molar-refractivity contribution in [2.24, 2.45) is 0 Å². The molecule has 0 aromatic heterocycles. The Morgan fingerprint density at radius 1 is 1.21 bits per heavy atom. The zero-order valence-electron chi connectivity index (χ0n) is 15.7. The zero-order chi connectivity index (χ0) is 21.0. The normalized spacial score (nSPS) is 16.8. The number of methoxy groups -OCH3 is 1. The highest BCUT2D eigenvalue weighted by molar-refractivity contribution is 6.30. The first kappa shape index (κ1) is 20.6. The number of likely N-dealkylation sites (tertiary alicyclic amines) is 1. The molecular formula is C20H19ClN2O6. The number of amides is 2. The number of nitro benzene ring substituents is 1. The molecule has 9 heteroatoms. The van der Waals surface area contributed by atoms with Gasteiger partial charge in [0.2, 0.25) is 0 Å². The van der Waals surface area contributed by atoms with Crippen molar-refractivity contribution in [2.75, 3.05) is 13.7 Å². The standard InChI is InChI=1S/C20H19ClN2O6/c1-28-15-9-10-17(16(12-15)23(26)27)29-18-4-2-3-11-22(20(18)25)19(24)13-5-7-14(21)8-6-13/h5-10,12,18H,2-4,11H2,1H3/t18-/m0/s1. The number of hydrogen-bond donors (Lipinski definition) is 0. The van der Waals surface area contributed by atoms with Gasteiger partial charge in [-0.05, 0) is 55.7 Å². The van der Waals surface area contributed by atoms with Gasteiger partial charge < -0.3 is 9.47 Å². The number of carbonyl (C=O) groups excluding carboxylic acids is 2. The molecule has 1 saturated heterocycles. The predicted octanol–water partition coefficient (Wildman–Crippen LogP) is 3.86. The molecule has 0 N–H and O–H groups in total. The number of imide groups is 1. The van der Waals surface area contributed by atoms with Gasteiger partial charge in [0, 0.05) is 17.1 Å². The molecule has 0 saturated carbocycles. The summed E-state index contributed by atoms with van der Waals surface area (Å²) in [5.74, 6) is -0.718. The van der Waals surface area contributed by atoms with Crippen LogP contribution in [0.2, 0.25) is 5.02 Å². The molecule has 1 atom stereocenters. The average Bonchev–Trinajstić information content (AvgIpc) is 2.90. The monoisotopic (exact) mass is 418 g/mol. The minimum Gasteiger partial charge on any atom is -0.496 e. The van der Waals surface area contributed by atoms with E-state index in [1.807, 2.05) is 0 Å². The number of nitro groups is 1. The summed E-state index contributed by atoms with van der Waals surface area (Å²) < 4.78 is 10.7. The van der Waals surface area contributed by atoms with Gasteiger partial charge in [-0.15, -0.1) is 0 Å². The maximum Gasteiger partial charge on any atom is 0.314 e. The summed E-state index contributed by atoms with van der Waals surface area (Å²) in [5.41, 5.74) is 0.0239. The van der Waals surface area contributed by atoms with Crippen molar-refractivity contribution in [3.63, 3.8) is 0 Å². The summed E-state index contributed by atoms with van der Waals surface area (Å²) in [4.78, 5) is 37.7. The van der Waals surface area contributed by atoms with E-state index in [0.29, 0.717) is 35.6 Å². The average molecular weight is 419 g/mol. The molecule has 3 rings (SSSR count). The van der Waals surface area contributed by atoms with Crippen molar-refractivity contribution in [3.05, 3.63) is 63.2 Å². The SMILES string of the molecule is COc1ccc(O[C@H]2CCCCN(C(=O)c3ccc(Cl)cc3)C2=O)c([N+](=O)[O-])c1. The zero-order valence-corrected chi connectivity index (χ0v) is 16.4. The van der Waals surface area contributed by atoms with E-state index in [-0.39, 0.29) is 18.0 Å². The Morgan fingerprint density at radius 2 is 1.93 bits per heavy atom. The van der Waals surface area contributed by atoms with Crippen molar-refractivity contribution >= 4 is 29.1 Å². The highest BCUT2D eigenvalue weighted by Gasteiger charge is 2.34. The van der Waals surface area contributed by atoms with Crippen molar-refractivity contribution < 1.29 is 24.0 Å². The summed E-state index contributed by atoms with van der Waals surface area (Å²) in [7, 11) is 1.40. The first-order valence-electron chi connectivity index (χ1n) is 9.01. The minimum absolute atomic E-state index is 0.0464. The van der Waals surface area contributed by atoms with Gasteiger partial charge in [0.15, 0.2) is 11.9 Å². The smallest absolute Gasteiger partial charge is 0.314 e. The molecule has 152 valence electrons. The third-order valence-electron chi connectivity index (χ3n) is 4.61. The second-order valence-electron chi connectivity index (χ2n) is 6.49. The molecule has 1 aliphatic heterocycles. The lowest BCUT2D eigenvalue weighted by atomic mass is 10.1. The van der Waals surface area contributed by atoms with Crippen molar-refractivity contribution in [1.82, 2.24) is 4.90 Å². The van der Waals surface area contributed by atoms with Crippen LogP contribution in [0.1, 0.15) is 29.6 Å². The van der Waals surface area contributed by atoms with Crippen molar-refractivity contribution in [2.45, 2.75) is 25.4 Å². The van der Waals surface area contributed by atoms with Crippen LogP contribution in [0.3, 0.4) is 0 Å². The lowest BCUT2D eigenvalue weighted by Crippen LogP contribution is -2.44. The Hall–Kier alpha value is -3.13. The highest BCUT2D eigenvalue weighted by atomic mass is 35.5. The number of rotatable bonds is 5.